The van der Waals surface area contributed by atoms with Crippen LogP contribution in [0.5, 0.6) is 0 Å². The molecule has 0 aliphatic heterocycles. The van der Waals surface area contributed by atoms with Crippen LogP contribution in [0.25, 0.3) is 22.0 Å². The molecule has 0 saturated heterocycles. The quantitative estimate of drug-likeness (QED) is 0.208. The molecule has 1 aromatic carbocycles. The van der Waals surface area contributed by atoms with Gasteiger partial charge in [0.1, 0.15) is 29.2 Å². The molecule has 4 aromatic rings. The van der Waals surface area contributed by atoms with E-state index in [9.17, 15) is 4.79 Å². The van der Waals surface area contributed by atoms with E-state index in [1.165, 1.54) is 6.33 Å². The summed E-state index contributed by atoms with van der Waals surface area (Å²) in [6.45, 7) is 8.29. The summed E-state index contributed by atoms with van der Waals surface area (Å²) in [7, 11) is 1.89. The van der Waals surface area contributed by atoms with E-state index in [0.717, 1.165) is 33.3 Å². The SMILES string of the molecule is CCNC(CC)C(=O)Nc1cc(-c2ncnc(C(C)=N)c2[NH2+]C)cc(C#Cc2ccc3c(C)nccc3c2)n1. The number of nitrogens with one attached hydrogen (secondary N) is 3. The molecule has 3 aromatic heterocycles. The molecule has 198 valence electrons. The average molecular weight is 522 g/mol. The summed E-state index contributed by atoms with van der Waals surface area (Å²) in [5, 5.41) is 18.3. The third-order valence-electron chi connectivity index (χ3n) is 6.35. The zero-order chi connectivity index (χ0) is 27.9. The van der Waals surface area contributed by atoms with E-state index in [-0.39, 0.29) is 11.9 Å². The van der Waals surface area contributed by atoms with Crippen molar-refractivity contribution in [2.75, 3.05) is 18.9 Å². The number of pyridine rings is 2. The first-order valence-electron chi connectivity index (χ1n) is 13.0. The van der Waals surface area contributed by atoms with Gasteiger partial charge in [-0.2, -0.15) is 0 Å². The maximum Gasteiger partial charge on any atom is 0.242 e. The third kappa shape index (κ3) is 6.32. The van der Waals surface area contributed by atoms with Gasteiger partial charge in [-0.05, 0) is 68.5 Å². The van der Waals surface area contributed by atoms with Crippen molar-refractivity contribution in [1.29, 1.82) is 5.41 Å². The molecule has 0 spiro atoms. The molecule has 3 heterocycles. The zero-order valence-electron chi connectivity index (χ0n) is 22.9. The Labute approximate surface area is 228 Å². The molecule has 9 nitrogen and oxygen atoms in total. The Morgan fingerprint density at radius 3 is 2.64 bits per heavy atom. The Bertz CT molecular complexity index is 1600. The number of hydrogen-bond donors (Lipinski definition) is 4. The van der Waals surface area contributed by atoms with E-state index in [1.807, 2.05) is 63.5 Å². The van der Waals surface area contributed by atoms with Crippen LogP contribution in [0.3, 0.4) is 0 Å². The van der Waals surface area contributed by atoms with Crippen molar-refractivity contribution in [2.24, 2.45) is 0 Å². The summed E-state index contributed by atoms with van der Waals surface area (Å²) in [4.78, 5) is 30.8. The smallest absolute Gasteiger partial charge is 0.242 e. The molecule has 39 heavy (non-hydrogen) atoms. The monoisotopic (exact) mass is 521 g/mol. The van der Waals surface area contributed by atoms with E-state index >= 15 is 0 Å². The van der Waals surface area contributed by atoms with Crippen LogP contribution < -0.4 is 16.0 Å². The van der Waals surface area contributed by atoms with Gasteiger partial charge in [-0.3, -0.25) is 9.78 Å². The van der Waals surface area contributed by atoms with Crippen molar-refractivity contribution in [3.05, 3.63) is 71.6 Å². The van der Waals surface area contributed by atoms with Crippen molar-refractivity contribution >= 4 is 33.9 Å². The highest BCUT2D eigenvalue weighted by molar-refractivity contribution is 6.00. The predicted molar refractivity (Wildman–Crippen MR) is 154 cm³/mol. The second-order valence-electron chi connectivity index (χ2n) is 9.11. The summed E-state index contributed by atoms with van der Waals surface area (Å²) >= 11 is 0. The molecule has 1 atom stereocenters. The summed E-state index contributed by atoms with van der Waals surface area (Å²) in [6, 6.07) is 11.3. The molecule has 1 unspecified atom stereocenters. The largest absolute Gasteiger partial charge is 0.312 e. The lowest BCUT2D eigenvalue weighted by atomic mass is 10.1. The fraction of sp³-hybridized carbons (Fsp3) is 0.267. The predicted octanol–water partition coefficient (Wildman–Crippen LogP) is 3.33. The standard InChI is InChI=1S/C30H32N8O/c1-6-25(33-7-2)30(39)38-26-16-22(28-29(32-5)27(18(3)31)35-17-36-28)15-23(37-26)10-8-20-9-11-24-19(4)34-13-12-21(24)14-20/h9,11-17,25,31-33H,6-7H2,1-5H3,(H,37,38,39)/p+1. The number of anilines is 1. The number of aromatic nitrogens is 4. The number of benzene rings is 1. The first-order valence-corrected chi connectivity index (χ1v) is 13.0. The van der Waals surface area contributed by atoms with Crippen molar-refractivity contribution in [3.63, 3.8) is 0 Å². The van der Waals surface area contributed by atoms with Gasteiger partial charge < -0.3 is 21.4 Å². The van der Waals surface area contributed by atoms with Crippen LogP contribution >= 0.6 is 0 Å². The van der Waals surface area contributed by atoms with Crippen LogP contribution in [0.1, 0.15) is 49.8 Å². The number of fused-ring (bicyclic) bond motifs is 1. The van der Waals surface area contributed by atoms with Crippen molar-refractivity contribution in [2.45, 2.75) is 40.2 Å². The molecule has 0 saturated carbocycles. The third-order valence-corrected chi connectivity index (χ3v) is 6.35. The van der Waals surface area contributed by atoms with Gasteiger partial charge in [0, 0.05) is 28.4 Å². The highest BCUT2D eigenvalue weighted by Crippen LogP contribution is 2.27. The van der Waals surface area contributed by atoms with Crippen LogP contribution in [0.4, 0.5) is 11.5 Å². The van der Waals surface area contributed by atoms with Gasteiger partial charge in [0.15, 0.2) is 5.69 Å². The second-order valence-corrected chi connectivity index (χ2v) is 9.11. The number of rotatable bonds is 8. The number of carbonyl (C=O) groups is 1. The van der Waals surface area contributed by atoms with E-state index in [0.29, 0.717) is 41.6 Å². The Balaban J connectivity index is 1.80. The number of quaternary nitrogens is 1. The molecule has 0 bridgehead atoms. The number of nitrogens with zero attached hydrogens (tertiary/aromatic N) is 4. The number of hydrogen-bond acceptors (Lipinski definition) is 7. The van der Waals surface area contributed by atoms with Crippen LogP contribution in [0, 0.1) is 24.2 Å². The second kappa shape index (κ2) is 12.3. The number of aryl methyl sites for hydroxylation is 1. The molecule has 0 aliphatic carbocycles. The molecular formula is C30H33N8O+. The van der Waals surface area contributed by atoms with Gasteiger partial charge in [-0.25, -0.2) is 15.0 Å². The van der Waals surface area contributed by atoms with Crippen molar-refractivity contribution in [3.8, 4) is 23.1 Å². The summed E-state index contributed by atoms with van der Waals surface area (Å²) in [6.07, 6.45) is 3.88. The summed E-state index contributed by atoms with van der Waals surface area (Å²) in [5.41, 5.74) is 5.29. The van der Waals surface area contributed by atoms with Gasteiger partial charge in [0.05, 0.1) is 18.8 Å². The highest BCUT2D eigenvalue weighted by Gasteiger charge is 2.20. The lowest BCUT2D eigenvalue weighted by Gasteiger charge is -2.16. The van der Waals surface area contributed by atoms with E-state index in [1.54, 1.807) is 19.2 Å². The summed E-state index contributed by atoms with van der Waals surface area (Å²) in [5.74, 6) is 6.60. The minimum Gasteiger partial charge on any atom is -0.312 e. The number of likely N-dealkylation sites (N-methyl/N-ethyl adjacent to an activating group) is 1. The maximum absolute atomic E-state index is 13.0. The maximum atomic E-state index is 13.0. The molecule has 4 rings (SSSR count). The van der Waals surface area contributed by atoms with Crippen LogP contribution in [0.2, 0.25) is 0 Å². The fourth-order valence-electron chi connectivity index (χ4n) is 4.42. The van der Waals surface area contributed by atoms with Gasteiger partial charge >= 0.3 is 0 Å². The first-order chi connectivity index (χ1) is 18.8. The lowest BCUT2D eigenvalue weighted by Crippen LogP contribution is -2.73. The van der Waals surface area contributed by atoms with Gasteiger partial charge in [-0.15, -0.1) is 0 Å². The van der Waals surface area contributed by atoms with Gasteiger partial charge in [0.2, 0.25) is 5.91 Å². The minimum absolute atomic E-state index is 0.164. The van der Waals surface area contributed by atoms with Crippen LogP contribution in [-0.2, 0) is 4.79 Å². The highest BCUT2D eigenvalue weighted by atomic mass is 16.2. The van der Waals surface area contributed by atoms with E-state index < -0.39 is 0 Å². The van der Waals surface area contributed by atoms with E-state index in [4.69, 9.17) is 5.41 Å². The molecule has 0 fully saturated rings. The Morgan fingerprint density at radius 2 is 1.92 bits per heavy atom. The molecule has 1 amide bonds. The Hall–Kier alpha value is -4.52. The zero-order valence-corrected chi connectivity index (χ0v) is 22.9. The van der Waals surface area contributed by atoms with E-state index in [2.05, 4.69) is 42.4 Å². The minimum atomic E-state index is -0.337. The van der Waals surface area contributed by atoms with Crippen molar-refractivity contribution < 1.29 is 10.1 Å². The number of nitrogens with two attached hydrogens (primary N) is 1. The van der Waals surface area contributed by atoms with Crippen LogP contribution in [0.15, 0.2) is 48.9 Å². The topological polar surface area (TPSA) is 133 Å². The van der Waals surface area contributed by atoms with Crippen LogP contribution in [-0.4, -0.2) is 51.2 Å². The molecular weight excluding hydrogens is 488 g/mol. The average Bonchev–Trinajstić information content (AvgIpc) is 2.94. The number of amides is 1. The van der Waals surface area contributed by atoms with Gasteiger partial charge in [-0.1, -0.05) is 25.8 Å². The normalized spacial score (nSPS) is 11.5. The molecule has 9 heteroatoms. The molecule has 5 N–H and O–H groups in total. The van der Waals surface area contributed by atoms with Crippen molar-refractivity contribution in [1.82, 2.24) is 25.3 Å². The Kier molecular flexibility index (Phi) is 8.71. The molecule has 0 aliphatic rings. The fourth-order valence-corrected chi connectivity index (χ4v) is 4.42. The Morgan fingerprint density at radius 1 is 1.10 bits per heavy atom. The number of carbonyl (C=O) groups excluding carboxylic acids is 1. The van der Waals surface area contributed by atoms with Gasteiger partial charge in [0.25, 0.3) is 0 Å². The first kappa shape index (κ1) is 27.5. The summed E-state index contributed by atoms with van der Waals surface area (Å²) < 4.78 is 0. The molecule has 0 radical (unpaired) electrons. The lowest BCUT2D eigenvalue weighted by molar-refractivity contribution is -0.539.